The van der Waals surface area contributed by atoms with E-state index in [0.29, 0.717) is 24.8 Å². The predicted molar refractivity (Wildman–Crippen MR) is 122 cm³/mol. The van der Waals surface area contributed by atoms with Crippen LogP contribution in [-0.4, -0.2) is 47.6 Å². The van der Waals surface area contributed by atoms with Crippen molar-refractivity contribution in [2.24, 2.45) is 5.92 Å². The van der Waals surface area contributed by atoms with Gasteiger partial charge in [0.25, 0.3) is 0 Å². The Labute approximate surface area is 183 Å². The van der Waals surface area contributed by atoms with Gasteiger partial charge >= 0.3 is 0 Å². The number of benzene rings is 1. The van der Waals surface area contributed by atoms with Gasteiger partial charge in [-0.2, -0.15) is 11.3 Å². The third-order valence-electron chi connectivity index (χ3n) is 6.66. The minimum absolute atomic E-state index is 0.0839. The van der Waals surface area contributed by atoms with Gasteiger partial charge in [-0.15, -0.1) is 0 Å². The number of phenols is 1. The van der Waals surface area contributed by atoms with E-state index in [9.17, 15) is 9.90 Å². The Morgan fingerprint density at radius 2 is 2.07 bits per heavy atom. The van der Waals surface area contributed by atoms with Gasteiger partial charge in [0, 0.05) is 19.1 Å². The number of hydrogen-bond acceptors (Lipinski definition) is 5. The normalized spacial score (nSPS) is 21.4. The molecule has 1 saturated heterocycles. The number of hydrogen-bond donors (Lipinski definition) is 3. The van der Waals surface area contributed by atoms with Crippen LogP contribution in [0.25, 0.3) is 0 Å². The van der Waals surface area contributed by atoms with E-state index >= 15 is 0 Å². The molecule has 1 fully saturated rings. The first-order chi connectivity index (χ1) is 14.5. The number of fused-ring (bicyclic) bond motifs is 1. The summed E-state index contributed by atoms with van der Waals surface area (Å²) in [6.45, 7) is 8.10. The molecule has 0 bridgehead atoms. The maximum atomic E-state index is 13.0. The quantitative estimate of drug-likeness (QED) is 0.660. The third kappa shape index (κ3) is 5.05. The van der Waals surface area contributed by atoms with E-state index in [1.807, 2.05) is 6.07 Å². The first-order valence-electron chi connectivity index (χ1n) is 11.1. The van der Waals surface area contributed by atoms with Gasteiger partial charge in [-0.3, -0.25) is 4.79 Å². The van der Waals surface area contributed by atoms with Gasteiger partial charge in [-0.05, 0) is 89.8 Å². The average Bonchev–Trinajstić information content (AvgIpc) is 3.28. The highest BCUT2D eigenvalue weighted by atomic mass is 32.1. The molecule has 5 nitrogen and oxygen atoms in total. The molecule has 3 heterocycles. The fourth-order valence-electron chi connectivity index (χ4n) is 4.63. The van der Waals surface area contributed by atoms with Crippen molar-refractivity contribution in [3.8, 4) is 5.75 Å². The molecule has 0 aliphatic carbocycles. The molecule has 1 amide bonds. The molecule has 1 aromatic carbocycles. The molecule has 2 atom stereocenters. The van der Waals surface area contributed by atoms with Gasteiger partial charge in [0.2, 0.25) is 5.91 Å². The van der Waals surface area contributed by atoms with E-state index in [-0.39, 0.29) is 23.7 Å². The topological polar surface area (TPSA) is 64.6 Å². The van der Waals surface area contributed by atoms with Crippen molar-refractivity contribution in [3.05, 3.63) is 51.7 Å². The lowest BCUT2D eigenvalue weighted by Crippen LogP contribution is -2.54. The summed E-state index contributed by atoms with van der Waals surface area (Å²) in [6, 6.07) is 7.62. The summed E-state index contributed by atoms with van der Waals surface area (Å²) in [6.07, 6.45) is 3.06. The van der Waals surface area contributed by atoms with Gasteiger partial charge in [-0.1, -0.05) is 19.9 Å². The standard InChI is InChI=1S/C24H33N3O2S/c1-16(2)23(14-27-8-5-17(6-9-27)19-7-10-30-15-19)26-24(29)22-12-18-3-4-21(28)11-20(18)13-25-22/h3-4,7,10-11,15-17,22-23,25,28H,5-6,8-9,12-14H2,1-2H3,(H,26,29)/t22-,23-/m1/s1. The lowest BCUT2D eigenvalue weighted by molar-refractivity contribution is -0.124. The summed E-state index contributed by atoms with van der Waals surface area (Å²) in [5, 5.41) is 20.8. The number of rotatable bonds is 6. The fourth-order valence-corrected chi connectivity index (χ4v) is 5.37. The largest absolute Gasteiger partial charge is 0.508 e. The van der Waals surface area contributed by atoms with Crippen LogP contribution in [0.5, 0.6) is 5.75 Å². The summed E-state index contributed by atoms with van der Waals surface area (Å²) in [5.41, 5.74) is 3.71. The summed E-state index contributed by atoms with van der Waals surface area (Å²) in [7, 11) is 0. The minimum atomic E-state index is -0.215. The van der Waals surface area contributed by atoms with Crippen LogP contribution in [-0.2, 0) is 17.8 Å². The zero-order valence-corrected chi connectivity index (χ0v) is 18.8. The third-order valence-corrected chi connectivity index (χ3v) is 7.36. The SMILES string of the molecule is CC(C)[C@@H](CN1CCC(c2ccsc2)CC1)NC(=O)[C@H]1Cc2ccc(O)cc2CN1. The van der Waals surface area contributed by atoms with Crippen LogP contribution in [0.1, 0.15) is 49.3 Å². The number of phenolic OH excluding ortho intramolecular Hbond substituents is 1. The molecule has 30 heavy (non-hydrogen) atoms. The first-order valence-corrected chi connectivity index (χ1v) is 12.0. The molecule has 0 saturated carbocycles. The van der Waals surface area contributed by atoms with Gasteiger partial charge < -0.3 is 20.6 Å². The van der Waals surface area contributed by atoms with Crippen molar-refractivity contribution in [2.45, 2.75) is 57.7 Å². The molecule has 0 radical (unpaired) electrons. The Hall–Kier alpha value is -1.89. The second kappa shape index (κ2) is 9.50. The van der Waals surface area contributed by atoms with Crippen molar-refractivity contribution < 1.29 is 9.90 Å². The number of carbonyl (C=O) groups is 1. The first kappa shape index (κ1) is 21.3. The van der Waals surface area contributed by atoms with Crippen LogP contribution >= 0.6 is 11.3 Å². The van der Waals surface area contributed by atoms with Crippen molar-refractivity contribution in [2.75, 3.05) is 19.6 Å². The van der Waals surface area contributed by atoms with E-state index in [0.717, 1.165) is 30.8 Å². The van der Waals surface area contributed by atoms with Crippen LogP contribution in [0.3, 0.4) is 0 Å². The maximum absolute atomic E-state index is 13.0. The van der Waals surface area contributed by atoms with Crippen molar-refractivity contribution >= 4 is 17.2 Å². The van der Waals surface area contributed by atoms with Crippen LogP contribution in [0.2, 0.25) is 0 Å². The number of thiophene rings is 1. The molecule has 2 aliphatic heterocycles. The molecule has 162 valence electrons. The lowest BCUT2D eigenvalue weighted by atomic mass is 9.90. The highest BCUT2D eigenvalue weighted by molar-refractivity contribution is 7.07. The van der Waals surface area contributed by atoms with Gasteiger partial charge in [0.05, 0.1) is 6.04 Å². The average molecular weight is 428 g/mol. The molecule has 1 aromatic heterocycles. The second-order valence-electron chi connectivity index (χ2n) is 9.08. The maximum Gasteiger partial charge on any atom is 0.237 e. The highest BCUT2D eigenvalue weighted by Crippen LogP contribution is 2.29. The van der Waals surface area contributed by atoms with Crippen LogP contribution in [0, 0.1) is 5.92 Å². The zero-order valence-electron chi connectivity index (χ0n) is 17.9. The summed E-state index contributed by atoms with van der Waals surface area (Å²) in [5.74, 6) is 1.43. The minimum Gasteiger partial charge on any atom is -0.508 e. The lowest BCUT2D eigenvalue weighted by Gasteiger charge is -2.36. The number of nitrogens with zero attached hydrogens (tertiary/aromatic N) is 1. The van der Waals surface area contributed by atoms with Crippen molar-refractivity contribution in [1.82, 2.24) is 15.5 Å². The Balaban J connectivity index is 1.30. The monoisotopic (exact) mass is 427 g/mol. The number of nitrogens with one attached hydrogen (secondary N) is 2. The predicted octanol–water partition coefficient (Wildman–Crippen LogP) is 3.49. The number of aromatic hydroxyl groups is 1. The summed E-state index contributed by atoms with van der Waals surface area (Å²) < 4.78 is 0. The number of likely N-dealkylation sites (tertiary alicyclic amines) is 1. The van der Waals surface area contributed by atoms with Crippen molar-refractivity contribution in [1.29, 1.82) is 0 Å². The Bertz CT molecular complexity index is 844. The van der Waals surface area contributed by atoms with Crippen LogP contribution in [0.15, 0.2) is 35.0 Å². The second-order valence-corrected chi connectivity index (χ2v) is 9.86. The molecule has 2 aliphatic rings. The highest BCUT2D eigenvalue weighted by Gasteiger charge is 2.29. The Morgan fingerprint density at radius 1 is 1.27 bits per heavy atom. The Kier molecular flexibility index (Phi) is 6.76. The molecular formula is C24H33N3O2S. The summed E-state index contributed by atoms with van der Waals surface area (Å²) in [4.78, 5) is 15.5. The number of piperidine rings is 1. The molecule has 3 N–H and O–H groups in total. The molecule has 0 spiro atoms. The van der Waals surface area contributed by atoms with E-state index in [2.05, 4.69) is 46.2 Å². The number of carbonyl (C=O) groups excluding carboxylic acids is 1. The van der Waals surface area contributed by atoms with Gasteiger partial charge in [-0.25, -0.2) is 0 Å². The smallest absolute Gasteiger partial charge is 0.237 e. The van der Waals surface area contributed by atoms with Gasteiger partial charge in [0.15, 0.2) is 0 Å². The van der Waals surface area contributed by atoms with Crippen LogP contribution < -0.4 is 10.6 Å². The van der Waals surface area contributed by atoms with Gasteiger partial charge in [0.1, 0.15) is 5.75 Å². The molecule has 2 aromatic rings. The molecule has 4 rings (SSSR count). The molecular weight excluding hydrogens is 394 g/mol. The zero-order chi connectivity index (χ0) is 21.1. The van der Waals surface area contributed by atoms with Crippen molar-refractivity contribution in [3.63, 3.8) is 0 Å². The van der Waals surface area contributed by atoms with E-state index in [4.69, 9.17) is 0 Å². The Morgan fingerprint density at radius 3 is 2.77 bits per heavy atom. The van der Waals surface area contributed by atoms with E-state index < -0.39 is 0 Å². The van der Waals surface area contributed by atoms with E-state index in [1.165, 1.54) is 18.4 Å². The summed E-state index contributed by atoms with van der Waals surface area (Å²) >= 11 is 1.79. The van der Waals surface area contributed by atoms with Crippen LogP contribution in [0.4, 0.5) is 0 Å². The molecule has 6 heteroatoms. The number of amides is 1. The molecule has 0 unspecified atom stereocenters. The van der Waals surface area contributed by atoms with E-state index in [1.54, 1.807) is 23.5 Å². The fraction of sp³-hybridized carbons (Fsp3) is 0.542.